The van der Waals surface area contributed by atoms with Gasteiger partial charge in [0.2, 0.25) is 0 Å². The normalized spacial score (nSPS) is 21.5. The van der Waals surface area contributed by atoms with Crippen LogP contribution in [0.15, 0.2) is 17.6 Å². The number of ketones is 1. The van der Waals surface area contributed by atoms with E-state index in [0.717, 1.165) is 12.8 Å². The summed E-state index contributed by atoms with van der Waals surface area (Å²) in [4.78, 5) is 15.4. The van der Waals surface area contributed by atoms with Crippen LogP contribution in [-0.4, -0.2) is 41.1 Å². The van der Waals surface area contributed by atoms with Crippen molar-refractivity contribution in [2.75, 3.05) is 13.1 Å². The Morgan fingerprint density at radius 1 is 1.53 bits per heavy atom. The van der Waals surface area contributed by atoms with E-state index in [1.54, 1.807) is 4.57 Å². The smallest absolute Gasteiger partial charge is 0.262 e. The van der Waals surface area contributed by atoms with E-state index < -0.39 is 10.0 Å². The Labute approximate surface area is 113 Å². The van der Waals surface area contributed by atoms with Crippen LogP contribution in [0.5, 0.6) is 0 Å². The highest BCUT2D eigenvalue weighted by atomic mass is 32.2. The molecule has 1 atom stereocenters. The van der Waals surface area contributed by atoms with Gasteiger partial charge in [0.15, 0.2) is 5.03 Å². The van der Waals surface area contributed by atoms with Gasteiger partial charge in [0.1, 0.15) is 5.78 Å². The fourth-order valence-electron chi connectivity index (χ4n) is 2.27. The molecule has 1 aliphatic rings. The Hall–Kier alpha value is -1.21. The summed E-state index contributed by atoms with van der Waals surface area (Å²) in [6.45, 7) is 4.86. The van der Waals surface area contributed by atoms with Gasteiger partial charge >= 0.3 is 0 Å². The molecule has 1 aromatic rings. The molecular weight excluding hydrogens is 266 g/mol. The lowest BCUT2D eigenvalue weighted by molar-refractivity contribution is -0.121. The molecule has 6 nitrogen and oxygen atoms in total. The Bertz CT molecular complexity index is 565. The van der Waals surface area contributed by atoms with Crippen molar-refractivity contribution in [3.8, 4) is 0 Å². The van der Waals surface area contributed by atoms with Crippen molar-refractivity contribution < 1.29 is 13.2 Å². The third-order valence-corrected chi connectivity index (χ3v) is 5.29. The van der Waals surface area contributed by atoms with Crippen molar-refractivity contribution in [2.45, 2.75) is 38.3 Å². The highest BCUT2D eigenvalue weighted by Crippen LogP contribution is 2.23. The number of hydrogen-bond acceptors (Lipinski definition) is 4. The van der Waals surface area contributed by atoms with E-state index in [4.69, 9.17) is 0 Å². The molecule has 7 heteroatoms. The molecule has 0 saturated carbocycles. The number of sulfonamides is 1. The van der Waals surface area contributed by atoms with Gasteiger partial charge in [0.05, 0.1) is 6.33 Å². The fraction of sp³-hybridized carbons (Fsp3) is 0.667. The van der Waals surface area contributed by atoms with Gasteiger partial charge in [0, 0.05) is 31.7 Å². The summed E-state index contributed by atoms with van der Waals surface area (Å²) in [7, 11) is -3.57. The third-order valence-electron chi connectivity index (χ3n) is 3.54. The van der Waals surface area contributed by atoms with Gasteiger partial charge in [-0.1, -0.05) is 0 Å². The Balaban J connectivity index is 2.21. The number of aromatic nitrogens is 2. The van der Waals surface area contributed by atoms with E-state index in [0.29, 0.717) is 13.1 Å². The van der Waals surface area contributed by atoms with Gasteiger partial charge in [-0.15, -0.1) is 0 Å². The van der Waals surface area contributed by atoms with Crippen LogP contribution in [0.3, 0.4) is 0 Å². The van der Waals surface area contributed by atoms with Gasteiger partial charge in [-0.05, 0) is 26.7 Å². The molecule has 1 fully saturated rings. The van der Waals surface area contributed by atoms with Crippen LogP contribution < -0.4 is 0 Å². The second-order valence-electron chi connectivity index (χ2n) is 4.86. The van der Waals surface area contributed by atoms with Crippen LogP contribution in [0, 0.1) is 5.92 Å². The summed E-state index contributed by atoms with van der Waals surface area (Å²) in [5.74, 6) is -0.129. The SMILES string of the molecule is CCn1cnc(S(=O)(=O)N2CCCC(C(C)=O)C2)c1. The maximum absolute atomic E-state index is 12.4. The summed E-state index contributed by atoms with van der Waals surface area (Å²) < 4.78 is 27.9. The first kappa shape index (κ1) is 14.2. The lowest BCUT2D eigenvalue weighted by Gasteiger charge is -2.29. The molecule has 1 saturated heterocycles. The van der Waals surface area contributed by atoms with Crippen molar-refractivity contribution in [2.24, 2.45) is 5.92 Å². The number of rotatable bonds is 4. The molecule has 0 N–H and O–H groups in total. The molecule has 2 heterocycles. The molecule has 1 aliphatic heterocycles. The van der Waals surface area contributed by atoms with E-state index >= 15 is 0 Å². The molecule has 2 rings (SSSR count). The first-order chi connectivity index (χ1) is 8.95. The number of aryl methyl sites for hydroxylation is 1. The third kappa shape index (κ3) is 2.87. The van der Waals surface area contributed by atoms with Crippen molar-refractivity contribution in [3.05, 3.63) is 12.5 Å². The number of carbonyl (C=O) groups excluding carboxylic acids is 1. The van der Waals surface area contributed by atoms with Crippen LogP contribution in [0.4, 0.5) is 0 Å². The zero-order chi connectivity index (χ0) is 14.0. The number of imidazole rings is 1. The number of carbonyl (C=O) groups is 1. The topological polar surface area (TPSA) is 72.3 Å². The monoisotopic (exact) mass is 285 g/mol. The minimum Gasteiger partial charge on any atom is -0.336 e. The molecule has 0 bridgehead atoms. The standard InChI is InChI=1S/C12H19N3O3S/c1-3-14-8-12(13-9-14)19(17,18)15-6-4-5-11(7-15)10(2)16/h8-9,11H,3-7H2,1-2H3. The average molecular weight is 285 g/mol. The van der Waals surface area contributed by atoms with Gasteiger partial charge in [-0.2, -0.15) is 4.31 Å². The zero-order valence-corrected chi connectivity index (χ0v) is 12.1. The lowest BCUT2D eigenvalue weighted by atomic mass is 9.96. The molecule has 0 radical (unpaired) electrons. The van der Waals surface area contributed by atoms with Gasteiger partial charge < -0.3 is 4.57 Å². The molecule has 0 spiro atoms. The van der Waals surface area contributed by atoms with Crippen LogP contribution in [0.2, 0.25) is 0 Å². The van der Waals surface area contributed by atoms with E-state index in [1.807, 2.05) is 6.92 Å². The van der Waals surface area contributed by atoms with Crippen molar-refractivity contribution >= 4 is 15.8 Å². The summed E-state index contributed by atoms with van der Waals surface area (Å²) in [5, 5.41) is 0.0681. The summed E-state index contributed by atoms with van der Waals surface area (Å²) in [6.07, 6.45) is 4.54. The van der Waals surface area contributed by atoms with Gasteiger partial charge in [0.25, 0.3) is 10.0 Å². The number of Topliss-reactive ketones (excluding diaryl/α,β-unsaturated/α-hetero) is 1. The second-order valence-corrected chi connectivity index (χ2v) is 6.74. The molecule has 0 aliphatic carbocycles. The summed E-state index contributed by atoms with van der Waals surface area (Å²) >= 11 is 0. The van der Waals surface area contributed by atoms with Crippen LogP contribution in [0.25, 0.3) is 0 Å². The number of hydrogen-bond donors (Lipinski definition) is 0. The Kier molecular flexibility index (Phi) is 4.05. The maximum atomic E-state index is 12.4. The largest absolute Gasteiger partial charge is 0.336 e. The summed E-state index contributed by atoms with van der Waals surface area (Å²) in [6, 6.07) is 0. The first-order valence-electron chi connectivity index (χ1n) is 6.47. The van der Waals surface area contributed by atoms with Crippen molar-refractivity contribution in [1.29, 1.82) is 0 Å². The van der Waals surface area contributed by atoms with Crippen molar-refractivity contribution in [3.63, 3.8) is 0 Å². The number of nitrogens with zero attached hydrogens (tertiary/aromatic N) is 3. The van der Waals surface area contributed by atoms with Gasteiger partial charge in [-0.3, -0.25) is 4.79 Å². The molecule has 1 unspecified atom stereocenters. The predicted molar refractivity (Wildman–Crippen MR) is 70.1 cm³/mol. The quantitative estimate of drug-likeness (QED) is 0.823. The molecule has 1 aromatic heterocycles. The number of piperidine rings is 1. The average Bonchev–Trinajstić information content (AvgIpc) is 2.88. The first-order valence-corrected chi connectivity index (χ1v) is 7.91. The zero-order valence-electron chi connectivity index (χ0n) is 11.2. The van der Waals surface area contributed by atoms with Crippen LogP contribution >= 0.6 is 0 Å². The Morgan fingerprint density at radius 2 is 2.26 bits per heavy atom. The highest BCUT2D eigenvalue weighted by Gasteiger charge is 2.33. The highest BCUT2D eigenvalue weighted by molar-refractivity contribution is 7.89. The second kappa shape index (κ2) is 5.42. The molecule has 0 amide bonds. The predicted octanol–water partition coefficient (Wildman–Crippen LogP) is 0.893. The van der Waals surface area contributed by atoms with E-state index in [2.05, 4.69) is 4.98 Å². The summed E-state index contributed by atoms with van der Waals surface area (Å²) in [5.41, 5.74) is 0. The lowest BCUT2D eigenvalue weighted by Crippen LogP contribution is -2.41. The molecule has 19 heavy (non-hydrogen) atoms. The van der Waals surface area contributed by atoms with Crippen LogP contribution in [-0.2, 0) is 21.4 Å². The Morgan fingerprint density at radius 3 is 2.84 bits per heavy atom. The van der Waals surface area contributed by atoms with Gasteiger partial charge in [-0.25, -0.2) is 13.4 Å². The van der Waals surface area contributed by atoms with E-state index in [9.17, 15) is 13.2 Å². The van der Waals surface area contributed by atoms with E-state index in [1.165, 1.54) is 23.8 Å². The fourth-order valence-corrected chi connectivity index (χ4v) is 3.73. The minimum absolute atomic E-state index is 0.0546. The van der Waals surface area contributed by atoms with Crippen LogP contribution in [0.1, 0.15) is 26.7 Å². The maximum Gasteiger partial charge on any atom is 0.262 e. The molecule has 106 valence electrons. The molecule has 0 aromatic carbocycles. The minimum atomic E-state index is -3.57. The molecular formula is C12H19N3O3S. The van der Waals surface area contributed by atoms with Crippen molar-refractivity contribution in [1.82, 2.24) is 13.9 Å². The van der Waals surface area contributed by atoms with E-state index in [-0.39, 0.29) is 23.3 Å².